The fraction of sp³-hybridized carbons (Fsp3) is 0.121. The number of benzene rings is 4. The third-order valence-electron chi connectivity index (χ3n) is 6.76. The maximum atomic E-state index is 13.5. The summed E-state index contributed by atoms with van der Waals surface area (Å²) in [6, 6.07) is 22.5. The number of ether oxygens (including phenoxy) is 5. The lowest BCUT2D eigenvalue weighted by molar-refractivity contribution is 0.0726. The predicted octanol–water partition coefficient (Wildman–Crippen LogP) is 6.51. The molecule has 5 aromatic rings. The number of esters is 1. The first-order valence-electron chi connectivity index (χ1n) is 13.3. The van der Waals surface area contributed by atoms with Gasteiger partial charge in [-0.2, -0.15) is 5.10 Å². The highest BCUT2D eigenvalue weighted by Crippen LogP contribution is 2.42. The largest absolute Gasteiger partial charge is 0.496 e. The van der Waals surface area contributed by atoms with Crippen LogP contribution in [0.3, 0.4) is 0 Å². The highest BCUT2D eigenvalue weighted by molar-refractivity contribution is 6.31. The summed E-state index contributed by atoms with van der Waals surface area (Å²) in [5, 5.41) is 5.22. The van der Waals surface area contributed by atoms with Gasteiger partial charge < -0.3 is 28.7 Å². The Labute approximate surface area is 258 Å². The average molecular weight is 614 g/mol. The molecule has 0 saturated carbocycles. The van der Waals surface area contributed by atoms with Crippen LogP contribution in [-0.4, -0.2) is 51.5 Å². The van der Waals surface area contributed by atoms with E-state index in [9.17, 15) is 9.59 Å². The van der Waals surface area contributed by atoms with E-state index in [1.54, 1.807) is 56.7 Å². The maximum absolute atomic E-state index is 13.5. The minimum atomic E-state index is -0.669. The number of hydrogen-bond acceptors (Lipinski definition) is 8. The standard InChI is InChI=1S/C33H28ClN3O7/c1-40-23-13-11-21(34)17-22(23)33(39)44-24-12-10-19(16-27(24)43-4)18-35-37-32(38)31-28(20-8-6-5-7-9-20)29-25(41-2)14-15-26(42-3)30(29)36-31/h5-18,36H,1-4H3,(H,37,38). The molecule has 0 fully saturated rings. The molecule has 0 spiro atoms. The molecule has 0 aliphatic rings. The van der Waals surface area contributed by atoms with Gasteiger partial charge in [0, 0.05) is 10.6 Å². The summed E-state index contributed by atoms with van der Waals surface area (Å²) in [6.07, 6.45) is 1.44. The smallest absolute Gasteiger partial charge is 0.347 e. The van der Waals surface area contributed by atoms with Gasteiger partial charge in [-0.05, 0) is 59.7 Å². The van der Waals surface area contributed by atoms with Crippen molar-refractivity contribution in [3.8, 4) is 39.9 Å². The Morgan fingerprint density at radius 1 is 0.773 bits per heavy atom. The molecule has 1 amide bonds. The van der Waals surface area contributed by atoms with E-state index in [0.717, 1.165) is 5.56 Å². The Bertz CT molecular complexity index is 1870. The molecule has 0 atom stereocenters. The second-order valence-electron chi connectivity index (χ2n) is 9.30. The van der Waals surface area contributed by atoms with Crippen molar-refractivity contribution in [1.82, 2.24) is 10.4 Å². The lowest BCUT2D eigenvalue weighted by Crippen LogP contribution is -2.19. The van der Waals surface area contributed by atoms with Crippen LogP contribution < -0.4 is 29.1 Å². The van der Waals surface area contributed by atoms with E-state index in [2.05, 4.69) is 15.5 Å². The number of nitrogens with zero attached hydrogens (tertiary/aromatic N) is 1. The van der Waals surface area contributed by atoms with E-state index in [0.29, 0.717) is 44.3 Å². The number of rotatable bonds is 10. The van der Waals surface area contributed by atoms with Crippen LogP contribution in [0.5, 0.6) is 28.7 Å². The Morgan fingerprint density at radius 2 is 1.43 bits per heavy atom. The molecule has 5 rings (SSSR count). The van der Waals surface area contributed by atoms with Crippen molar-refractivity contribution in [2.75, 3.05) is 28.4 Å². The number of H-pyrrole nitrogens is 1. The topological polar surface area (TPSA) is 120 Å². The fourth-order valence-corrected chi connectivity index (χ4v) is 4.89. The van der Waals surface area contributed by atoms with E-state index < -0.39 is 11.9 Å². The lowest BCUT2D eigenvalue weighted by Gasteiger charge is -2.12. The van der Waals surface area contributed by atoms with E-state index in [-0.39, 0.29) is 22.8 Å². The molecule has 224 valence electrons. The number of aromatic amines is 1. The summed E-state index contributed by atoms with van der Waals surface area (Å²) in [6.45, 7) is 0. The van der Waals surface area contributed by atoms with Gasteiger partial charge in [0.2, 0.25) is 0 Å². The predicted molar refractivity (Wildman–Crippen MR) is 168 cm³/mol. The van der Waals surface area contributed by atoms with Gasteiger partial charge in [-0.3, -0.25) is 4.79 Å². The first-order chi connectivity index (χ1) is 21.4. The van der Waals surface area contributed by atoms with Crippen LogP contribution in [-0.2, 0) is 0 Å². The van der Waals surface area contributed by atoms with Gasteiger partial charge >= 0.3 is 5.97 Å². The summed E-state index contributed by atoms with van der Waals surface area (Å²) >= 11 is 6.05. The maximum Gasteiger partial charge on any atom is 0.347 e. The van der Waals surface area contributed by atoms with Crippen molar-refractivity contribution in [1.29, 1.82) is 0 Å². The third kappa shape index (κ3) is 6.02. The number of carbonyl (C=O) groups is 2. The lowest BCUT2D eigenvalue weighted by atomic mass is 10.0. The summed E-state index contributed by atoms with van der Waals surface area (Å²) < 4.78 is 27.4. The van der Waals surface area contributed by atoms with Crippen LogP contribution in [0.15, 0.2) is 84.0 Å². The van der Waals surface area contributed by atoms with Crippen LogP contribution in [0, 0.1) is 0 Å². The number of aromatic nitrogens is 1. The van der Waals surface area contributed by atoms with Crippen molar-refractivity contribution in [2.45, 2.75) is 0 Å². The number of fused-ring (bicyclic) bond motifs is 1. The molecule has 0 radical (unpaired) electrons. The Hall–Kier alpha value is -5.48. The van der Waals surface area contributed by atoms with Gasteiger partial charge in [0.15, 0.2) is 11.5 Å². The molecule has 2 N–H and O–H groups in total. The van der Waals surface area contributed by atoms with Crippen LogP contribution in [0.4, 0.5) is 0 Å². The molecule has 0 aliphatic heterocycles. The number of hydrogen-bond donors (Lipinski definition) is 2. The quantitative estimate of drug-likeness (QED) is 0.0797. The first kappa shape index (κ1) is 30.0. The van der Waals surface area contributed by atoms with Gasteiger partial charge in [0.25, 0.3) is 5.91 Å². The summed E-state index contributed by atoms with van der Waals surface area (Å²) in [4.78, 5) is 29.5. The normalized spacial score (nSPS) is 10.9. The molecule has 44 heavy (non-hydrogen) atoms. The van der Waals surface area contributed by atoms with Gasteiger partial charge in [0.05, 0.1) is 45.6 Å². The summed E-state index contributed by atoms with van der Waals surface area (Å²) in [5.41, 5.74) is 5.67. The van der Waals surface area contributed by atoms with E-state index in [1.807, 2.05) is 30.3 Å². The van der Waals surface area contributed by atoms with Crippen LogP contribution in [0.2, 0.25) is 5.02 Å². The van der Waals surface area contributed by atoms with Crippen molar-refractivity contribution < 1.29 is 33.3 Å². The number of methoxy groups -OCH3 is 4. The van der Waals surface area contributed by atoms with Crippen molar-refractivity contribution in [3.05, 3.63) is 101 Å². The van der Waals surface area contributed by atoms with E-state index in [4.69, 9.17) is 35.3 Å². The second-order valence-corrected chi connectivity index (χ2v) is 9.74. The molecule has 0 saturated heterocycles. The Morgan fingerprint density at radius 3 is 2.14 bits per heavy atom. The van der Waals surface area contributed by atoms with Crippen molar-refractivity contribution >= 4 is 40.6 Å². The third-order valence-corrected chi connectivity index (χ3v) is 6.99. The molecule has 1 aromatic heterocycles. The van der Waals surface area contributed by atoms with Crippen LogP contribution in [0.25, 0.3) is 22.0 Å². The van der Waals surface area contributed by atoms with Crippen molar-refractivity contribution in [2.24, 2.45) is 5.10 Å². The zero-order valence-electron chi connectivity index (χ0n) is 24.3. The number of amides is 1. The molecular formula is C33H28ClN3O7. The number of hydrazone groups is 1. The van der Waals surface area contributed by atoms with Gasteiger partial charge in [-0.25, -0.2) is 10.2 Å². The number of halogens is 1. The zero-order valence-corrected chi connectivity index (χ0v) is 25.0. The molecule has 0 bridgehead atoms. The van der Waals surface area contributed by atoms with Crippen LogP contribution in [0.1, 0.15) is 26.4 Å². The van der Waals surface area contributed by atoms with Crippen LogP contribution >= 0.6 is 11.6 Å². The molecule has 11 heteroatoms. The molecule has 4 aromatic carbocycles. The summed E-state index contributed by atoms with van der Waals surface area (Å²) in [7, 11) is 6.02. The highest BCUT2D eigenvalue weighted by Gasteiger charge is 2.24. The summed E-state index contributed by atoms with van der Waals surface area (Å²) in [5.74, 6) is 0.762. The number of nitrogens with one attached hydrogen (secondary N) is 2. The van der Waals surface area contributed by atoms with Gasteiger partial charge in [0.1, 0.15) is 28.5 Å². The second kappa shape index (κ2) is 13.2. The molecule has 1 heterocycles. The van der Waals surface area contributed by atoms with Gasteiger partial charge in [-0.15, -0.1) is 0 Å². The zero-order chi connectivity index (χ0) is 31.2. The minimum Gasteiger partial charge on any atom is -0.496 e. The SMILES string of the molecule is COc1cc(C=NNC(=O)c2[nH]c3c(OC)ccc(OC)c3c2-c2ccccc2)ccc1OC(=O)c1cc(Cl)ccc1OC. The highest BCUT2D eigenvalue weighted by atomic mass is 35.5. The fourth-order valence-electron chi connectivity index (χ4n) is 4.72. The van der Waals surface area contributed by atoms with E-state index >= 15 is 0 Å². The monoisotopic (exact) mass is 613 g/mol. The molecular weight excluding hydrogens is 586 g/mol. The first-order valence-corrected chi connectivity index (χ1v) is 13.7. The Balaban J connectivity index is 1.40. The average Bonchev–Trinajstić information content (AvgIpc) is 3.46. The molecule has 0 unspecified atom stereocenters. The minimum absolute atomic E-state index is 0.164. The molecule has 10 nitrogen and oxygen atoms in total. The van der Waals surface area contributed by atoms with Crippen molar-refractivity contribution in [3.63, 3.8) is 0 Å². The molecule has 0 aliphatic carbocycles. The number of carbonyl (C=O) groups excluding carboxylic acids is 2. The van der Waals surface area contributed by atoms with E-state index in [1.165, 1.54) is 26.5 Å². The Kier molecular flexibility index (Phi) is 9.01. The van der Waals surface area contributed by atoms with Gasteiger partial charge in [-0.1, -0.05) is 41.9 Å².